The lowest BCUT2D eigenvalue weighted by atomic mass is 9.77. The number of carboxylic acids is 1. The van der Waals surface area contributed by atoms with E-state index in [0.717, 1.165) is 36.3 Å². The van der Waals surface area contributed by atoms with Gasteiger partial charge in [-0.1, -0.05) is 12.1 Å². The summed E-state index contributed by atoms with van der Waals surface area (Å²) in [6.45, 7) is 0.569. The fourth-order valence-corrected chi connectivity index (χ4v) is 5.74. The zero-order chi connectivity index (χ0) is 25.9. The molecule has 0 spiro atoms. The van der Waals surface area contributed by atoms with Gasteiger partial charge < -0.3 is 20.5 Å². The van der Waals surface area contributed by atoms with Gasteiger partial charge in [-0.15, -0.1) is 0 Å². The second-order valence-electron chi connectivity index (χ2n) is 9.34. The Balaban J connectivity index is 1.30. The minimum Gasteiger partial charge on any atom is -0.481 e. The summed E-state index contributed by atoms with van der Waals surface area (Å²) in [5, 5.41) is 9.35. The van der Waals surface area contributed by atoms with Gasteiger partial charge in [0.15, 0.2) is 5.16 Å². The topological polar surface area (TPSA) is 119 Å². The van der Waals surface area contributed by atoms with E-state index in [1.165, 1.54) is 29.5 Å². The normalized spacial score (nSPS) is 19.6. The van der Waals surface area contributed by atoms with Gasteiger partial charge >= 0.3 is 5.97 Å². The summed E-state index contributed by atoms with van der Waals surface area (Å²) in [6.07, 6.45) is 4.00. The van der Waals surface area contributed by atoms with Crippen LogP contribution < -0.4 is 15.4 Å². The van der Waals surface area contributed by atoms with Crippen LogP contribution in [0.3, 0.4) is 0 Å². The molecule has 0 atom stereocenters. The molecule has 1 saturated carbocycles. The molecule has 1 aliphatic heterocycles. The van der Waals surface area contributed by atoms with Crippen LogP contribution in [0.1, 0.15) is 53.9 Å². The predicted octanol–water partition coefficient (Wildman–Crippen LogP) is 5.14. The Labute approximate surface area is 218 Å². The molecule has 1 aromatic heterocycles. The molecule has 192 valence electrons. The highest BCUT2D eigenvalue weighted by Gasteiger charge is 2.30. The first kappa shape index (κ1) is 25.0. The fourth-order valence-electron chi connectivity index (χ4n) is 4.99. The molecular formula is C27H27FN4O4S. The van der Waals surface area contributed by atoms with Gasteiger partial charge in [-0.3, -0.25) is 9.59 Å². The average molecular weight is 523 g/mol. The molecule has 1 aliphatic carbocycles. The molecule has 3 N–H and O–H groups in total. The van der Waals surface area contributed by atoms with Gasteiger partial charge in [-0.2, -0.15) is 4.98 Å². The van der Waals surface area contributed by atoms with Crippen LogP contribution in [-0.4, -0.2) is 40.1 Å². The minimum atomic E-state index is -0.727. The number of nitrogens with two attached hydrogens (primary N) is 1. The Morgan fingerprint density at radius 2 is 1.78 bits per heavy atom. The van der Waals surface area contributed by atoms with E-state index in [-0.39, 0.29) is 47.9 Å². The van der Waals surface area contributed by atoms with Gasteiger partial charge in [0, 0.05) is 17.0 Å². The first-order valence-corrected chi connectivity index (χ1v) is 13.1. The summed E-state index contributed by atoms with van der Waals surface area (Å²) in [5.41, 5.74) is 8.25. The quantitative estimate of drug-likeness (QED) is 0.428. The van der Waals surface area contributed by atoms with Crippen LogP contribution in [0, 0.1) is 11.7 Å². The Morgan fingerprint density at radius 3 is 2.46 bits per heavy atom. The van der Waals surface area contributed by atoms with Crippen molar-refractivity contribution in [2.75, 3.05) is 23.8 Å². The zero-order valence-corrected chi connectivity index (χ0v) is 20.9. The largest absolute Gasteiger partial charge is 0.481 e. The van der Waals surface area contributed by atoms with Crippen molar-refractivity contribution in [1.29, 1.82) is 0 Å². The van der Waals surface area contributed by atoms with Crippen LogP contribution in [0.15, 0.2) is 58.6 Å². The maximum atomic E-state index is 13.5. The predicted molar refractivity (Wildman–Crippen MR) is 138 cm³/mol. The number of halogens is 1. The number of nitrogens with zero attached hydrogens (tertiary/aromatic N) is 3. The van der Waals surface area contributed by atoms with Crippen molar-refractivity contribution in [3.63, 3.8) is 0 Å². The third-order valence-corrected chi connectivity index (χ3v) is 7.78. The van der Waals surface area contributed by atoms with E-state index in [1.807, 2.05) is 24.3 Å². The van der Waals surface area contributed by atoms with E-state index in [4.69, 9.17) is 15.6 Å². The van der Waals surface area contributed by atoms with Crippen LogP contribution in [0.2, 0.25) is 0 Å². The first-order chi connectivity index (χ1) is 17.9. The van der Waals surface area contributed by atoms with Crippen molar-refractivity contribution in [1.82, 2.24) is 9.97 Å². The Hall–Kier alpha value is -3.66. The van der Waals surface area contributed by atoms with E-state index in [1.54, 1.807) is 17.0 Å². The number of benzene rings is 2. The number of carboxylic acid groups (broad SMARTS) is 1. The molecule has 2 aromatic carbocycles. The highest BCUT2D eigenvalue weighted by Crippen LogP contribution is 2.38. The van der Waals surface area contributed by atoms with E-state index >= 15 is 0 Å². The molecule has 0 unspecified atom stereocenters. The molecule has 0 saturated heterocycles. The molecule has 3 aromatic rings. The van der Waals surface area contributed by atoms with Crippen LogP contribution in [-0.2, 0) is 4.79 Å². The monoisotopic (exact) mass is 522 g/mol. The number of carbonyl (C=O) groups is 2. The molecule has 2 heterocycles. The number of hydrogen-bond acceptors (Lipinski definition) is 7. The van der Waals surface area contributed by atoms with E-state index < -0.39 is 5.97 Å². The number of hydrogen-bond donors (Lipinski definition) is 2. The van der Waals surface area contributed by atoms with Crippen LogP contribution in [0.5, 0.6) is 5.88 Å². The number of anilines is 2. The Kier molecular flexibility index (Phi) is 7.27. The molecule has 0 radical (unpaired) electrons. The molecule has 0 bridgehead atoms. The van der Waals surface area contributed by atoms with Crippen molar-refractivity contribution in [3.05, 3.63) is 65.5 Å². The third-order valence-electron chi connectivity index (χ3n) is 6.90. The highest BCUT2D eigenvalue weighted by molar-refractivity contribution is 7.99. The second kappa shape index (κ2) is 10.8. The molecule has 37 heavy (non-hydrogen) atoms. The zero-order valence-electron chi connectivity index (χ0n) is 20.1. The van der Waals surface area contributed by atoms with Crippen molar-refractivity contribution in [2.45, 2.75) is 48.1 Å². The van der Waals surface area contributed by atoms with Crippen molar-refractivity contribution >= 4 is 35.1 Å². The maximum absolute atomic E-state index is 13.5. The summed E-state index contributed by atoms with van der Waals surface area (Å²) in [7, 11) is 0. The molecule has 1 fully saturated rings. The standard InChI is InChI=1S/C27H27FN4O4S/c28-19-7-11-21(12-8-19)37-27-30-24(29)23-25(31-27)36-14-13-32(26(23)35)20-9-5-18(6-10-20)17-3-1-16(2-4-17)15-22(33)34/h5-12,16-17H,1-4,13-15H2,(H,33,34)(H2,29,30,31)/t16-,17-. The summed E-state index contributed by atoms with van der Waals surface area (Å²) in [5.74, 6) is -0.578. The van der Waals surface area contributed by atoms with E-state index in [9.17, 15) is 14.0 Å². The molecule has 8 nitrogen and oxygen atoms in total. The van der Waals surface area contributed by atoms with Gasteiger partial charge in [-0.25, -0.2) is 9.37 Å². The van der Waals surface area contributed by atoms with Crippen molar-refractivity contribution in [2.24, 2.45) is 5.92 Å². The third kappa shape index (κ3) is 5.69. The number of nitrogen functional groups attached to an aromatic ring is 1. The average Bonchev–Trinajstić information content (AvgIpc) is 3.04. The Bertz CT molecular complexity index is 1300. The molecule has 2 aliphatic rings. The smallest absolute Gasteiger partial charge is 0.303 e. The molecule has 5 rings (SSSR count). The number of ether oxygens (including phenoxy) is 1. The SMILES string of the molecule is Nc1nc(Sc2ccc(F)cc2)nc2c1C(=O)N(c1ccc([C@H]3CC[C@H](CC(=O)O)CC3)cc1)CCO2. The number of carbonyl (C=O) groups excluding carboxylic acids is 1. The summed E-state index contributed by atoms with van der Waals surface area (Å²) >= 11 is 1.20. The van der Waals surface area contributed by atoms with E-state index in [2.05, 4.69) is 9.97 Å². The highest BCUT2D eigenvalue weighted by atomic mass is 32.2. The van der Waals surface area contributed by atoms with Gasteiger partial charge in [0.25, 0.3) is 5.91 Å². The fraction of sp³-hybridized carbons (Fsp3) is 0.333. The Morgan fingerprint density at radius 1 is 1.08 bits per heavy atom. The molecule has 1 amide bonds. The lowest BCUT2D eigenvalue weighted by Crippen LogP contribution is -2.32. The van der Waals surface area contributed by atoms with Gasteiger partial charge in [0.1, 0.15) is 23.8 Å². The summed E-state index contributed by atoms with van der Waals surface area (Å²) in [6, 6.07) is 13.9. The van der Waals surface area contributed by atoms with Crippen LogP contribution in [0.4, 0.5) is 15.9 Å². The van der Waals surface area contributed by atoms with E-state index in [0.29, 0.717) is 17.6 Å². The van der Waals surface area contributed by atoms with Gasteiger partial charge in [0.05, 0.1) is 6.54 Å². The van der Waals surface area contributed by atoms with Crippen LogP contribution >= 0.6 is 11.8 Å². The lowest BCUT2D eigenvalue weighted by molar-refractivity contribution is -0.138. The van der Waals surface area contributed by atoms with Crippen molar-refractivity contribution < 1.29 is 23.8 Å². The number of aromatic nitrogens is 2. The molecule has 10 heteroatoms. The molecular weight excluding hydrogens is 495 g/mol. The second-order valence-corrected chi connectivity index (χ2v) is 10.4. The van der Waals surface area contributed by atoms with Crippen molar-refractivity contribution in [3.8, 4) is 5.88 Å². The van der Waals surface area contributed by atoms with Gasteiger partial charge in [-0.05, 0) is 91.2 Å². The van der Waals surface area contributed by atoms with Crippen LogP contribution in [0.25, 0.3) is 0 Å². The summed E-state index contributed by atoms with van der Waals surface area (Å²) in [4.78, 5) is 35.5. The minimum absolute atomic E-state index is 0.0289. The first-order valence-electron chi connectivity index (χ1n) is 12.2. The number of fused-ring (bicyclic) bond motifs is 1. The maximum Gasteiger partial charge on any atom is 0.303 e. The van der Waals surface area contributed by atoms with Gasteiger partial charge in [0.2, 0.25) is 5.88 Å². The number of rotatable bonds is 6. The summed E-state index contributed by atoms with van der Waals surface area (Å²) < 4.78 is 19.0. The number of aliphatic carboxylic acids is 1. The number of amides is 1. The lowest BCUT2D eigenvalue weighted by Gasteiger charge is -2.28.